The Bertz CT molecular complexity index is 322. The number of carbonyl (C=O) groups excluding carboxylic acids is 1. The number of pyridine rings is 1. The smallest absolute Gasteiger partial charge is 0.252 e. The molecule has 4 nitrogen and oxygen atoms in total. The molecule has 0 aliphatic carbocycles. The Balaban J connectivity index is 2.40. The first-order valence-corrected chi connectivity index (χ1v) is 5.70. The van der Waals surface area contributed by atoms with Crippen LogP contribution in [-0.2, 0) is 0 Å². The summed E-state index contributed by atoms with van der Waals surface area (Å²) in [6, 6.07) is 3.56. The molecule has 0 saturated heterocycles. The predicted octanol–water partition coefficient (Wildman–Crippen LogP) is 2.04. The molecule has 0 aliphatic heterocycles. The summed E-state index contributed by atoms with van der Waals surface area (Å²) in [4.78, 5) is 15.7. The van der Waals surface area contributed by atoms with Gasteiger partial charge in [-0.15, -0.1) is 0 Å². The summed E-state index contributed by atoms with van der Waals surface area (Å²) < 4.78 is 0. The van der Waals surface area contributed by atoms with Crippen molar-refractivity contribution in [1.29, 1.82) is 0 Å². The summed E-state index contributed by atoms with van der Waals surface area (Å²) in [6.07, 6.45) is 4.93. The second-order valence-electron chi connectivity index (χ2n) is 3.65. The molecule has 0 aromatic carbocycles. The van der Waals surface area contributed by atoms with Crippen molar-refractivity contribution >= 4 is 11.7 Å². The quantitative estimate of drug-likeness (QED) is 0.723. The molecule has 0 saturated carbocycles. The van der Waals surface area contributed by atoms with Crippen LogP contribution in [0.2, 0.25) is 0 Å². The number of hydrogen-bond donors (Lipinski definition) is 2. The number of nitrogens with zero attached hydrogens (tertiary/aromatic N) is 1. The predicted molar refractivity (Wildman–Crippen MR) is 65.6 cm³/mol. The zero-order valence-corrected chi connectivity index (χ0v) is 9.92. The lowest BCUT2D eigenvalue weighted by Crippen LogP contribution is -2.24. The Morgan fingerprint density at radius 3 is 2.75 bits per heavy atom. The number of hydrogen-bond acceptors (Lipinski definition) is 3. The maximum Gasteiger partial charge on any atom is 0.252 e. The van der Waals surface area contributed by atoms with E-state index >= 15 is 0 Å². The van der Waals surface area contributed by atoms with Crippen molar-refractivity contribution in [2.24, 2.45) is 0 Å². The molecule has 1 heterocycles. The average Bonchev–Trinajstić information content (AvgIpc) is 2.34. The van der Waals surface area contributed by atoms with E-state index in [4.69, 9.17) is 0 Å². The van der Waals surface area contributed by atoms with E-state index in [1.807, 2.05) is 0 Å². The minimum Gasteiger partial charge on any atom is -0.373 e. The first-order chi connectivity index (χ1) is 7.77. The van der Waals surface area contributed by atoms with Crippen LogP contribution in [0.5, 0.6) is 0 Å². The molecular weight excluding hydrogens is 202 g/mol. The average molecular weight is 221 g/mol. The van der Waals surface area contributed by atoms with Crippen LogP contribution in [0.4, 0.5) is 5.82 Å². The molecule has 2 N–H and O–H groups in total. The molecule has 1 aromatic rings. The maximum absolute atomic E-state index is 11.6. The van der Waals surface area contributed by atoms with Crippen molar-refractivity contribution in [3.05, 3.63) is 23.9 Å². The van der Waals surface area contributed by atoms with E-state index in [0.29, 0.717) is 5.56 Å². The Morgan fingerprint density at radius 2 is 2.19 bits per heavy atom. The van der Waals surface area contributed by atoms with Crippen LogP contribution >= 0.6 is 0 Å². The van der Waals surface area contributed by atoms with E-state index in [9.17, 15) is 4.79 Å². The van der Waals surface area contributed by atoms with E-state index in [0.717, 1.165) is 31.6 Å². The van der Waals surface area contributed by atoms with Gasteiger partial charge in [0.05, 0.1) is 5.56 Å². The van der Waals surface area contributed by atoms with Crippen LogP contribution in [0.25, 0.3) is 0 Å². The summed E-state index contributed by atoms with van der Waals surface area (Å²) in [5.74, 6) is 0.716. The summed E-state index contributed by atoms with van der Waals surface area (Å²) in [5.41, 5.74) is 0.607. The second kappa shape index (κ2) is 6.82. The van der Waals surface area contributed by atoms with E-state index in [2.05, 4.69) is 22.5 Å². The van der Waals surface area contributed by atoms with Crippen molar-refractivity contribution in [2.45, 2.75) is 26.2 Å². The maximum atomic E-state index is 11.6. The van der Waals surface area contributed by atoms with Gasteiger partial charge in [0.2, 0.25) is 0 Å². The van der Waals surface area contributed by atoms with Gasteiger partial charge in [-0.3, -0.25) is 4.79 Å². The SMILES string of the molecule is CCCCCNC(=O)c1ccc(NC)nc1. The zero-order chi connectivity index (χ0) is 11.8. The fourth-order valence-electron chi connectivity index (χ4n) is 1.36. The van der Waals surface area contributed by atoms with Crippen molar-refractivity contribution in [2.75, 3.05) is 18.9 Å². The summed E-state index contributed by atoms with van der Waals surface area (Å²) in [5, 5.41) is 5.78. The van der Waals surface area contributed by atoms with E-state index in [1.54, 1.807) is 25.4 Å². The van der Waals surface area contributed by atoms with Gasteiger partial charge < -0.3 is 10.6 Å². The van der Waals surface area contributed by atoms with Crippen LogP contribution in [0.3, 0.4) is 0 Å². The lowest BCUT2D eigenvalue weighted by atomic mass is 10.2. The summed E-state index contributed by atoms with van der Waals surface area (Å²) >= 11 is 0. The second-order valence-corrected chi connectivity index (χ2v) is 3.65. The van der Waals surface area contributed by atoms with E-state index in [-0.39, 0.29) is 5.91 Å². The molecule has 4 heteroatoms. The number of amides is 1. The van der Waals surface area contributed by atoms with Crippen LogP contribution in [0, 0.1) is 0 Å². The topological polar surface area (TPSA) is 54.0 Å². The van der Waals surface area contributed by atoms with Gasteiger partial charge in [-0.05, 0) is 18.6 Å². The number of rotatable bonds is 6. The minimum absolute atomic E-state index is 0.0498. The fourth-order valence-corrected chi connectivity index (χ4v) is 1.36. The highest BCUT2D eigenvalue weighted by molar-refractivity contribution is 5.93. The van der Waals surface area contributed by atoms with Gasteiger partial charge >= 0.3 is 0 Å². The van der Waals surface area contributed by atoms with Crippen molar-refractivity contribution in [3.8, 4) is 0 Å². The molecule has 16 heavy (non-hydrogen) atoms. The number of aromatic nitrogens is 1. The molecule has 0 bridgehead atoms. The van der Waals surface area contributed by atoms with Gasteiger partial charge in [0, 0.05) is 19.8 Å². The largest absolute Gasteiger partial charge is 0.373 e. The lowest BCUT2D eigenvalue weighted by Gasteiger charge is -2.05. The third-order valence-corrected chi connectivity index (χ3v) is 2.35. The molecule has 1 aromatic heterocycles. The normalized spacial score (nSPS) is 9.88. The molecule has 0 unspecified atom stereocenters. The van der Waals surface area contributed by atoms with E-state index in [1.165, 1.54) is 0 Å². The molecule has 88 valence electrons. The Hall–Kier alpha value is -1.58. The monoisotopic (exact) mass is 221 g/mol. The lowest BCUT2D eigenvalue weighted by molar-refractivity contribution is 0.0952. The molecule has 0 spiro atoms. The van der Waals surface area contributed by atoms with Gasteiger partial charge in [-0.2, -0.15) is 0 Å². The highest BCUT2D eigenvalue weighted by Gasteiger charge is 2.04. The number of nitrogens with one attached hydrogen (secondary N) is 2. The Labute approximate surface area is 96.5 Å². The number of anilines is 1. The standard InChI is InChI=1S/C12H19N3O/c1-3-4-5-8-14-12(16)10-6-7-11(13-2)15-9-10/h6-7,9H,3-5,8H2,1-2H3,(H,13,15)(H,14,16). The van der Waals surface area contributed by atoms with Gasteiger partial charge in [0.25, 0.3) is 5.91 Å². The number of carbonyl (C=O) groups is 1. The summed E-state index contributed by atoms with van der Waals surface area (Å²) in [6.45, 7) is 2.88. The van der Waals surface area contributed by atoms with Crippen LogP contribution in [0.1, 0.15) is 36.5 Å². The van der Waals surface area contributed by atoms with Crippen LogP contribution in [0.15, 0.2) is 18.3 Å². The zero-order valence-electron chi connectivity index (χ0n) is 9.92. The van der Waals surface area contributed by atoms with Crippen molar-refractivity contribution < 1.29 is 4.79 Å². The van der Waals surface area contributed by atoms with Gasteiger partial charge in [0.1, 0.15) is 5.82 Å². The van der Waals surface area contributed by atoms with Crippen LogP contribution < -0.4 is 10.6 Å². The van der Waals surface area contributed by atoms with Crippen molar-refractivity contribution in [3.63, 3.8) is 0 Å². The molecule has 0 radical (unpaired) electrons. The molecule has 0 aliphatic rings. The van der Waals surface area contributed by atoms with Crippen LogP contribution in [-0.4, -0.2) is 24.5 Å². The molecule has 0 fully saturated rings. The van der Waals surface area contributed by atoms with Gasteiger partial charge in [0.15, 0.2) is 0 Å². The fraction of sp³-hybridized carbons (Fsp3) is 0.500. The first-order valence-electron chi connectivity index (χ1n) is 5.70. The Morgan fingerprint density at radius 1 is 1.38 bits per heavy atom. The molecule has 1 amide bonds. The highest BCUT2D eigenvalue weighted by Crippen LogP contribution is 2.03. The Kier molecular flexibility index (Phi) is 5.32. The number of unbranched alkanes of at least 4 members (excludes halogenated alkanes) is 2. The third-order valence-electron chi connectivity index (χ3n) is 2.35. The molecular formula is C12H19N3O. The highest BCUT2D eigenvalue weighted by atomic mass is 16.1. The molecule has 0 atom stereocenters. The third kappa shape index (κ3) is 3.88. The summed E-state index contributed by atoms with van der Waals surface area (Å²) in [7, 11) is 1.80. The van der Waals surface area contributed by atoms with Gasteiger partial charge in [-0.1, -0.05) is 19.8 Å². The van der Waals surface area contributed by atoms with E-state index < -0.39 is 0 Å². The minimum atomic E-state index is -0.0498. The first kappa shape index (κ1) is 12.5. The van der Waals surface area contributed by atoms with Crippen molar-refractivity contribution in [1.82, 2.24) is 10.3 Å². The molecule has 1 rings (SSSR count). The van der Waals surface area contributed by atoms with Gasteiger partial charge in [-0.25, -0.2) is 4.98 Å².